The second-order valence-corrected chi connectivity index (χ2v) is 9.46. The highest BCUT2D eigenvalue weighted by Gasteiger charge is 2.29. The number of amides is 3. The molecule has 2 aromatic carbocycles. The van der Waals surface area contributed by atoms with Crippen molar-refractivity contribution in [1.82, 2.24) is 10.2 Å². The number of ether oxygens (including phenoxy) is 1. The molecule has 1 aliphatic rings. The van der Waals surface area contributed by atoms with E-state index in [2.05, 4.69) is 12.2 Å². The number of benzene rings is 2. The minimum absolute atomic E-state index is 0.0781. The van der Waals surface area contributed by atoms with Crippen molar-refractivity contribution < 1.29 is 19.1 Å². The second kappa shape index (κ2) is 12.9. The van der Waals surface area contributed by atoms with E-state index in [9.17, 15) is 14.4 Å². The number of rotatable bonds is 11. The molecule has 7 heteroatoms. The lowest BCUT2D eigenvalue weighted by atomic mass is 9.98. The summed E-state index contributed by atoms with van der Waals surface area (Å²) in [7, 11) is 0. The van der Waals surface area contributed by atoms with E-state index < -0.39 is 17.9 Å². The highest BCUT2D eigenvalue weighted by Crippen LogP contribution is 2.19. The molecule has 1 aliphatic heterocycles. The van der Waals surface area contributed by atoms with Gasteiger partial charge in [0.1, 0.15) is 18.4 Å². The van der Waals surface area contributed by atoms with E-state index in [0.717, 1.165) is 29.7 Å². The normalized spacial score (nSPS) is 17.3. The molecule has 1 saturated heterocycles. The topological polar surface area (TPSA) is 102 Å². The summed E-state index contributed by atoms with van der Waals surface area (Å²) in [5, 5.41) is 2.86. The van der Waals surface area contributed by atoms with Gasteiger partial charge in [-0.2, -0.15) is 0 Å². The summed E-state index contributed by atoms with van der Waals surface area (Å²) < 4.78 is 5.86. The minimum atomic E-state index is -0.691. The Kier molecular flexibility index (Phi) is 9.70. The van der Waals surface area contributed by atoms with Gasteiger partial charge >= 0.3 is 0 Å². The number of nitrogens with one attached hydrogen (secondary N) is 1. The van der Waals surface area contributed by atoms with Crippen molar-refractivity contribution in [2.75, 3.05) is 13.1 Å². The maximum Gasteiger partial charge on any atom is 0.245 e. The summed E-state index contributed by atoms with van der Waals surface area (Å²) in [6, 6.07) is 16.8. The first-order valence-electron chi connectivity index (χ1n) is 12.3. The van der Waals surface area contributed by atoms with Gasteiger partial charge < -0.3 is 20.7 Å². The molecule has 35 heavy (non-hydrogen) atoms. The molecule has 0 aromatic heterocycles. The van der Waals surface area contributed by atoms with Crippen molar-refractivity contribution in [3.63, 3.8) is 0 Å². The molecule has 3 N–H and O–H groups in total. The third kappa shape index (κ3) is 8.42. The van der Waals surface area contributed by atoms with E-state index in [1.807, 2.05) is 59.5 Å². The number of hydrogen-bond donors (Lipinski definition) is 2. The van der Waals surface area contributed by atoms with Crippen molar-refractivity contribution in [3.8, 4) is 5.75 Å². The largest absolute Gasteiger partial charge is 0.489 e. The number of carbonyl (C=O) groups is 3. The monoisotopic (exact) mass is 478 g/mol. The SMILES string of the molecule is CC1CCCN(C(=O)C(Cc2ccc(OCc3ccccc3)cc2)NC(=O)[CH]CC(C)C(N)=O)C1. The summed E-state index contributed by atoms with van der Waals surface area (Å²) in [5.74, 6) is -0.175. The number of carbonyl (C=O) groups excluding carboxylic acids is 3. The van der Waals surface area contributed by atoms with E-state index >= 15 is 0 Å². The number of primary amides is 1. The summed E-state index contributed by atoms with van der Waals surface area (Å²) in [4.78, 5) is 39.1. The first-order chi connectivity index (χ1) is 16.8. The van der Waals surface area contributed by atoms with Crippen LogP contribution in [-0.4, -0.2) is 41.8 Å². The first-order valence-corrected chi connectivity index (χ1v) is 12.3. The van der Waals surface area contributed by atoms with E-state index in [0.29, 0.717) is 32.0 Å². The number of piperidine rings is 1. The Labute approximate surface area is 208 Å². The summed E-state index contributed by atoms with van der Waals surface area (Å²) in [6.07, 6.45) is 4.06. The third-order valence-corrected chi connectivity index (χ3v) is 6.34. The zero-order valence-electron chi connectivity index (χ0n) is 20.6. The van der Waals surface area contributed by atoms with Crippen LogP contribution in [-0.2, 0) is 27.4 Å². The Hall–Kier alpha value is -3.35. The van der Waals surface area contributed by atoms with Gasteiger partial charge in [0.15, 0.2) is 0 Å². The highest BCUT2D eigenvalue weighted by atomic mass is 16.5. The molecule has 1 radical (unpaired) electrons. The van der Waals surface area contributed by atoms with Crippen LogP contribution in [0.1, 0.15) is 44.2 Å². The summed E-state index contributed by atoms with van der Waals surface area (Å²) >= 11 is 0. The summed E-state index contributed by atoms with van der Waals surface area (Å²) in [6.45, 7) is 5.68. The van der Waals surface area contributed by atoms with Crippen molar-refractivity contribution in [3.05, 3.63) is 72.1 Å². The van der Waals surface area contributed by atoms with Gasteiger partial charge in [-0.25, -0.2) is 0 Å². The van der Waals surface area contributed by atoms with Gasteiger partial charge in [0.2, 0.25) is 17.7 Å². The Morgan fingerprint density at radius 1 is 1.11 bits per heavy atom. The quantitative estimate of drug-likeness (QED) is 0.518. The molecular formula is C28H36N3O4. The number of nitrogens with zero attached hydrogens (tertiary/aromatic N) is 1. The molecule has 0 bridgehead atoms. The fourth-order valence-electron chi connectivity index (χ4n) is 4.14. The van der Waals surface area contributed by atoms with Gasteiger partial charge in [0.25, 0.3) is 0 Å². The van der Waals surface area contributed by atoms with Crippen LogP contribution in [0.25, 0.3) is 0 Å². The molecular weight excluding hydrogens is 442 g/mol. The van der Waals surface area contributed by atoms with E-state index in [4.69, 9.17) is 10.5 Å². The van der Waals surface area contributed by atoms with Crippen LogP contribution in [0.5, 0.6) is 5.75 Å². The van der Waals surface area contributed by atoms with Gasteiger partial charge in [-0.3, -0.25) is 14.4 Å². The maximum atomic E-state index is 13.4. The van der Waals surface area contributed by atoms with Gasteiger partial charge in [-0.15, -0.1) is 0 Å². The molecule has 1 fully saturated rings. The van der Waals surface area contributed by atoms with Crippen LogP contribution in [0.4, 0.5) is 0 Å². The van der Waals surface area contributed by atoms with Gasteiger partial charge in [0, 0.05) is 25.4 Å². The molecule has 7 nitrogen and oxygen atoms in total. The van der Waals surface area contributed by atoms with Crippen LogP contribution in [0.15, 0.2) is 54.6 Å². The van der Waals surface area contributed by atoms with Gasteiger partial charge in [0.05, 0.1) is 6.42 Å². The van der Waals surface area contributed by atoms with Crippen molar-refractivity contribution in [2.24, 2.45) is 17.6 Å². The average molecular weight is 479 g/mol. The molecule has 3 unspecified atom stereocenters. The zero-order valence-corrected chi connectivity index (χ0v) is 20.6. The fraction of sp³-hybridized carbons (Fsp3) is 0.429. The molecule has 187 valence electrons. The van der Waals surface area contributed by atoms with Crippen LogP contribution < -0.4 is 15.8 Å². The number of hydrogen-bond acceptors (Lipinski definition) is 4. The maximum absolute atomic E-state index is 13.4. The van der Waals surface area contributed by atoms with Gasteiger partial charge in [-0.05, 0) is 48.4 Å². The highest BCUT2D eigenvalue weighted by molar-refractivity contribution is 5.92. The molecule has 0 saturated carbocycles. The lowest BCUT2D eigenvalue weighted by Crippen LogP contribution is -2.52. The van der Waals surface area contributed by atoms with Crippen molar-refractivity contribution in [2.45, 2.75) is 52.2 Å². The van der Waals surface area contributed by atoms with Crippen LogP contribution in [0.2, 0.25) is 0 Å². The Balaban J connectivity index is 1.64. The molecule has 0 aliphatic carbocycles. The molecule has 3 rings (SSSR count). The minimum Gasteiger partial charge on any atom is -0.489 e. The van der Waals surface area contributed by atoms with Crippen molar-refractivity contribution >= 4 is 17.7 Å². The van der Waals surface area contributed by atoms with Gasteiger partial charge in [-0.1, -0.05) is 56.3 Å². The predicted molar refractivity (Wildman–Crippen MR) is 135 cm³/mol. The third-order valence-electron chi connectivity index (χ3n) is 6.34. The van der Waals surface area contributed by atoms with E-state index in [1.54, 1.807) is 6.92 Å². The van der Waals surface area contributed by atoms with Crippen molar-refractivity contribution in [1.29, 1.82) is 0 Å². The van der Waals surface area contributed by atoms with E-state index in [-0.39, 0.29) is 18.2 Å². The molecule has 3 amide bonds. The molecule has 2 aromatic rings. The predicted octanol–water partition coefficient (Wildman–Crippen LogP) is 3.27. The average Bonchev–Trinajstić information content (AvgIpc) is 2.86. The summed E-state index contributed by atoms with van der Waals surface area (Å²) in [5.41, 5.74) is 7.30. The zero-order chi connectivity index (χ0) is 25.2. The number of likely N-dealkylation sites (tertiary alicyclic amines) is 1. The number of nitrogens with two attached hydrogens (primary N) is 1. The molecule has 3 atom stereocenters. The lowest BCUT2D eigenvalue weighted by Gasteiger charge is -2.34. The van der Waals surface area contributed by atoms with E-state index in [1.165, 1.54) is 6.42 Å². The smallest absolute Gasteiger partial charge is 0.245 e. The Morgan fingerprint density at radius 3 is 2.49 bits per heavy atom. The van der Waals surface area contributed by atoms with Crippen LogP contribution in [0.3, 0.4) is 0 Å². The van der Waals surface area contributed by atoms with Crippen LogP contribution >= 0.6 is 0 Å². The fourth-order valence-corrected chi connectivity index (χ4v) is 4.14. The Bertz CT molecular complexity index is 977. The second-order valence-electron chi connectivity index (χ2n) is 9.46. The first kappa shape index (κ1) is 26.3. The molecule has 1 heterocycles. The standard InChI is InChI=1S/C28H36N3O4/c1-20-7-6-16-31(18-20)28(34)25(30-26(32)15-10-21(2)27(29)33)17-22-11-13-24(14-12-22)35-19-23-8-4-3-5-9-23/h3-5,8-9,11-15,20-21,25H,6-7,10,16-19H2,1-2H3,(H2,29,33)(H,30,32). The molecule has 0 spiro atoms. The van der Waals surface area contributed by atoms with Crippen LogP contribution in [0, 0.1) is 18.3 Å². The Morgan fingerprint density at radius 2 is 1.83 bits per heavy atom. The lowest BCUT2D eigenvalue weighted by molar-refractivity contribution is -0.137.